The Morgan fingerprint density at radius 3 is 2.68 bits per heavy atom. The predicted molar refractivity (Wildman–Crippen MR) is 107 cm³/mol. The van der Waals surface area contributed by atoms with Gasteiger partial charge in [-0.15, -0.1) is 5.10 Å². The summed E-state index contributed by atoms with van der Waals surface area (Å²) in [5.41, 5.74) is 1.79. The second-order valence-electron chi connectivity index (χ2n) is 6.26. The third-order valence-corrected chi connectivity index (χ3v) is 4.52. The van der Waals surface area contributed by atoms with Crippen molar-refractivity contribution in [3.05, 3.63) is 76.8 Å². The van der Waals surface area contributed by atoms with Gasteiger partial charge in [-0.25, -0.2) is 4.68 Å². The molecule has 2 heterocycles. The quantitative estimate of drug-likeness (QED) is 0.664. The summed E-state index contributed by atoms with van der Waals surface area (Å²) in [5.74, 6) is -0.0827. The van der Waals surface area contributed by atoms with Gasteiger partial charge in [-0.3, -0.25) is 20.2 Å². The fraction of sp³-hybridized carbons (Fsp3) is 0.100. The van der Waals surface area contributed by atoms with Gasteiger partial charge in [0.1, 0.15) is 0 Å². The first-order valence-electron chi connectivity index (χ1n) is 8.64. The fourth-order valence-electron chi connectivity index (χ4n) is 2.95. The van der Waals surface area contributed by atoms with Gasteiger partial charge in [0.15, 0.2) is 0 Å². The summed E-state index contributed by atoms with van der Waals surface area (Å²) in [6.45, 7) is 0. The number of hydrogen-bond acceptors (Lipinski definition) is 4. The summed E-state index contributed by atoms with van der Waals surface area (Å²) in [6, 6.07) is 16.4. The number of amides is 2. The van der Waals surface area contributed by atoms with Gasteiger partial charge >= 0.3 is 0 Å². The maximum absolute atomic E-state index is 12.2. The zero-order valence-corrected chi connectivity index (χ0v) is 15.4. The van der Waals surface area contributed by atoms with Gasteiger partial charge in [-0.1, -0.05) is 54.1 Å². The monoisotopic (exact) mass is 393 g/mol. The molecule has 140 valence electrons. The highest BCUT2D eigenvalue weighted by molar-refractivity contribution is 6.30. The molecule has 2 N–H and O–H groups in total. The minimum atomic E-state index is -0.375. The van der Waals surface area contributed by atoms with Crippen molar-refractivity contribution >= 4 is 41.4 Å². The van der Waals surface area contributed by atoms with E-state index in [1.54, 1.807) is 35.0 Å². The molecule has 1 aromatic heterocycles. The van der Waals surface area contributed by atoms with Crippen LogP contribution in [0.4, 0.5) is 11.9 Å². The maximum Gasteiger partial charge on any atom is 0.250 e. The van der Waals surface area contributed by atoms with Crippen molar-refractivity contribution in [2.45, 2.75) is 12.5 Å². The zero-order valence-electron chi connectivity index (χ0n) is 14.7. The van der Waals surface area contributed by atoms with Crippen LogP contribution in [0.1, 0.15) is 23.6 Å². The summed E-state index contributed by atoms with van der Waals surface area (Å²) in [7, 11) is 0. The average molecular weight is 394 g/mol. The first-order valence-corrected chi connectivity index (χ1v) is 9.02. The van der Waals surface area contributed by atoms with E-state index < -0.39 is 0 Å². The van der Waals surface area contributed by atoms with Gasteiger partial charge < -0.3 is 0 Å². The summed E-state index contributed by atoms with van der Waals surface area (Å²) >= 11 is 5.85. The maximum atomic E-state index is 12.2. The molecule has 0 spiro atoms. The largest absolute Gasteiger partial charge is 0.295 e. The third-order valence-electron chi connectivity index (χ3n) is 4.27. The molecule has 0 bridgehead atoms. The lowest BCUT2D eigenvalue weighted by Gasteiger charge is -2.23. The van der Waals surface area contributed by atoms with E-state index >= 15 is 0 Å². The van der Waals surface area contributed by atoms with E-state index in [2.05, 4.69) is 20.7 Å². The van der Waals surface area contributed by atoms with Crippen LogP contribution in [0, 0.1) is 0 Å². The molecule has 1 aliphatic rings. The van der Waals surface area contributed by atoms with Crippen molar-refractivity contribution in [3.63, 3.8) is 0 Å². The molecule has 4 rings (SSSR count). The first-order chi connectivity index (χ1) is 13.6. The van der Waals surface area contributed by atoms with Crippen LogP contribution in [0.25, 0.3) is 6.08 Å². The highest BCUT2D eigenvalue weighted by Gasteiger charge is 2.29. The molecular formula is C20H16ClN5O2. The van der Waals surface area contributed by atoms with Crippen molar-refractivity contribution < 1.29 is 9.59 Å². The molecule has 7 nitrogen and oxygen atoms in total. The van der Waals surface area contributed by atoms with Crippen molar-refractivity contribution in [2.24, 2.45) is 0 Å². The minimum absolute atomic E-state index is 0.129. The lowest BCUT2D eigenvalue weighted by molar-refractivity contribution is -0.117. The Morgan fingerprint density at radius 2 is 1.93 bits per heavy atom. The summed E-state index contributed by atoms with van der Waals surface area (Å²) < 4.78 is 1.62. The van der Waals surface area contributed by atoms with Crippen LogP contribution >= 0.6 is 11.6 Å². The van der Waals surface area contributed by atoms with Gasteiger partial charge in [-0.05, 0) is 29.3 Å². The van der Waals surface area contributed by atoms with Crippen LogP contribution < -0.4 is 10.6 Å². The molecule has 0 unspecified atom stereocenters. The minimum Gasteiger partial charge on any atom is -0.295 e. The Morgan fingerprint density at radius 1 is 1.18 bits per heavy atom. The molecule has 2 amide bonds. The summed E-state index contributed by atoms with van der Waals surface area (Å²) in [5, 5.41) is 10.3. The Balaban J connectivity index is 1.52. The Labute approximate surface area is 166 Å². The molecule has 1 atom stereocenters. The number of anilines is 2. The van der Waals surface area contributed by atoms with Crippen molar-refractivity contribution in [1.29, 1.82) is 0 Å². The van der Waals surface area contributed by atoms with Gasteiger partial charge in [0, 0.05) is 11.1 Å². The Hall–Kier alpha value is -3.45. The first kappa shape index (κ1) is 17.9. The Kier molecular flexibility index (Phi) is 4.90. The van der Waals surface area contributed by atoms with E-state index in [9.17, 15) is 9.59 Å². The SMILES string of the molecule is O=C(/C=C/c1ccc(Cl)cc1)Nc1nc2n(n1)[C@H](c1ccccc1)CC(=O)N2. The van der Waals surface area contributed by atoms with Crippen LogP contribution in [0.2, 0.25) is 5.02 Å². The number of rotatable bonds is 4. The van der Waals surface area contributed by atoms with Gasteiger partial charge in [0.2, 0.25) is 11.9 Å². The highest BCUT2D eigenvalue weighted by Crippen LogP contribution is 2.29. The van der Waals surface area contributed by atoms with Gasteiger partial charge in [-0.2, -0.15) is 4.98 Å². The number of fused-ring (bicyclic) bond motifs is 1. The molecule has 3 aromatic rings. The van der Waals surface area contributed by atoms with Crippen LogP contribution in [0.3, 0.4) is 0 Å². The number of carbonyl (C=O) groups excluding carboxylic acids is 2. The fourth-order valence-corrected chi connectivity index (χ4v) is 3.07. The number of benzene rings is 2. The number of halogens is 1. The highest BCUT2D eigenvalue weighted by atomic mass is 35.5. The van der Waals surface area contributed by atoms with Crippen molar-refractivity contribution in [1.82, 2.24) is 14.8 Å². The topological polar surface area (TPSA) is 88.9 Å². The molecule has 0 aliphatic carbocycles. The molecule has 8 heteroatoms. The second kappa shape index (κ2) is 7.66. The number of carbonyl (C=O) groups is 2. The van der Waals surface area contributed by atoms with E-state index in [4.69, 9.17) is 11.6 Å². The van der Waals surface area contributed by atoms with Crippen LogP contribution in [-0.2, 0) is 9.59 Å². The molecule has 0 radical (unpaired) electrons. The normalized spacial score (nSPS) is 15.9. The zero-order chi connectivity index (χ0) is 19.5. The number of hydrogen-bond donors (Lipinski definition) is 2. The van der Waals surface area contributed by atoms with E-state index in [0.29, 0.717) is 11.0 Å². The number of nitrogens with zero attached hydrogens (tertiary/aromatic N) is 3. The average Bonchev–Trinajstić information content (AvgIpc) is 3.09. The second-order valence-corrected chi connectivity index (χ2v) is 6.69. The van der Waals surface area contributed by atoms with Crippen molar-refractivity contribution in [2.75, 3.05) is 10.6 Å². The third kappa shape index (κ3) is 3.94. The standard InChI is InChI=1S/C20H16ClN5O2/c21-15-9-6-13(7-10-15)8-11-17(27)22-19-24-20-23-18(28)12-16(26(20)25-19)14-4-2-1-3-5-14/h1-11,16H,12H2,(H2,22,23,24,25,27,28)/b11-8+/t16-/m0/s1. The lowest BCUT2D eigenvalue weighted by Crippen LogP contribution is -2.29. The molecule has 0 saturated carbocycles. The lowest BCUT2D eigenvalue weighted by atomic mass is 10.0. The van der Waals surface area contributed by atoms with Crippen LogP contribution in [-0.4, -0.2) is 26.6 Å². The van der Waals surface area contributed by atoms with Gasteiger partial charge in [0.05, 0.1) is 12.5 Å². The molecule has 0 fully saturated rings. The van der Waals surface area contributed by atoms with E-state index in [-0.39, 0.29) is 30.2 Å². The summed E-state index contributed by atoms with van der Waals surface area (Å²) in [4.78, 5) is 28.4. The van der Waals surface area contributed by atoms with E-state index in [1.807, 2.05) is 30.3 Å². The number of aromatic nitrogens is 3. The molecule has 0 saturated heterocycles. The number of nitrogens with one attached hydrogen (secondary N) is 2. The van der Waals surface area contributed by atoms with Crippen LogP contribution in [0.15, 0.2) is 60.7 Å². The molecular weight excluding hydrogens is 378 g/mol. The predicted octanol–water partition coefficient (Wildman–Crippen LogP) is 3.52. The van der Waals surface area contributed by atoms with Gasteiger partial charge in [0.25, 0.3) is 11.9 Å². The smallest absolute Gasteiger partial charge is 0.250 e. The molecule has 2 aromatic carbocycles. The summed E-state index contributed by atoms with van der Waals surface area (Å²) in [6.07, 6.45) is 3.30. The van der Waals surface area contributed by atoms with Crippen LogP contribution in [0.5, 0.6) is 0 Å². The molecule has 28 heavy (non-hydrogen) atoms. The van der Waals surface area contributed by atoms with E-state index in [1.165, 1.54) is 6.08 Å². The Bertz CT molecular complexity index is 1040. The van der Waals surface area contributed by atoms with E-state index in [0.717, 1.165) is 11.1 Å². The van der Waals surface area contributed by atoms with Crippen molar-refractivity contribution in [3.8, 4) is 0 Å². The molecule has 1 aliphatic heterocycles.